The molecule has 8 nitrogen and oxygen atoms in total. The van der Waals surface area contributed by atoms with Gasteiger partial charge in [-0.25, -0.2) is 0 Å². The summed E-state index contributed by atoms with van der Waals surface area (Å²) in [5.74, 6) is 0. The second-order valence-corrected chi connectivity index (χ2v) is 7.09. The molecule has 0 atom stereocenters. The lowest BCUT2D eigenvalue weighted by Gasteiger charge is -2.18. The first-order chi connectivity index (χ1) is 7.21. The Morgan fingerprint density at radius 1 is 1.19 bits per heavy atom. The maximum atomic E-state index is 10.9. The fraction of sp³-hybridized carbons (Fsp3) is 0.333. The molecule has 10 heteroatoms. The number of rotatable bonds is 4. The Labute approximate surface area is 90.7 Å². The summed E-state index contributed by atoms with van der Waals surface area (Å²) in [7, 11) is -9.79. The highest BCUT2D eigenvalue weighted by atomic mass is 31.2. The van der Waals surface area contributed by atoms with Gasteiger partial charge in [-0.2, -0.15) is 10.2 Å². The molecule has 0 amide bonds. The Morgan fingerprint density at radius 2 is 1.75 bits per heavy atom. The minimum Gasteiger partial charge on any atom is -0.324 e. The van der Waals surface area contributed by atoms with E-state index >= 15 is 0 Å². The van der Waals surface area contributed by atoms with Gasteiger partial charge in [0.25, 0.3) is 0 Å². The third-order valence-electron chi connectivity index (χ3n) is 1.80. The van der Waals surface area contributed by atoms with Gasteiger partial charge < -0.3 is 19.6 Å². The quantitative estimate of drug-likeness (QED) is 0.545. The molecule has 1 aromatic heterocycles. The molecule has 0 aromatic carbocycles. The van der Waals surface area contributed by atoms with Crippen LogP contribution in [-0.2, 0) is 15.6 Å². The van der Waals surface area contributed by atoms with Gasteiger partial charge in [0, 0.05) is 12.6 Å². The molecule has 0 saturated carbocycles. The van der Waals surface area contributed by atoms with Gasteiger partial charge in [0.2, 0.25) is 0 Å². The van der Waals surface area contributed by atoms with Gasteiger partial charge in [-0.3, -0.25) is 9.13 Å². The van der Waals surface area contributed by atoms with Crippen molar-refractivity contribution in [1.29, 1.82) is 0 Å². The second-order valence-electron chi connectivity index (χ2n) is 3.08. The van der Waals surface area contributed by atoms with E-state index in [-0.39, 0.29) is 5.69 Å². The highest BCUT2D eigenvalue weighted by molar-refractivity contribution is 7.70. The zero-order valence-corrected chi connectivity index (χ0v) is 9.70. The first-order valence-corrected chi connectivity index (χ1v) is 7.44. The Morgan fingerprint density at radius 3 is 2.12 bits per heavy atom. The van der Waals surface area contributed by atoms with Crippen molar-refractivity contribution in [3.05, 3.63) is 24.0 Å². The number of hydrogen-bond donors (Lipinski definition) is 4. The van der Waals surface area contributed by atoms with Crippen LogP contribution in [-0.4, -0.2) is 35.2 Å². The highest BCUT2D eigenvalue weighted by Crippen LogP contribution is 2.60. The molecule has 16 heavy (non-hydrogen) atoms. The zero-order valence-electron chi connectivity index (χ0n) is 7.91. The molecule has 0 bridgehead atoms. The van der Waals surface area contributed by atoms with Crippen molar-refractivity contribution in [3.8, 4) is 0 Å². The van der Waals surface area contributed by atoms with E-state index in [4.69, 9.17) is 19.6 Å². The normalized spacial score (nSPS) is 13.1. The van der Waals surface area contributed by atoms with Gasteiger partial charge >= 0.3 is 15.2 Å². The molecule has 90 valence electrons. The molecular weight excluding hydrogens is 258 g/mol. The Hall–Kier alpha value is -0.620. The molecule has 4 N–H and O–H groups in total. The highest BCUT2D eigenvalue weighted by Gasteiger charge is 2.43. The number of nitrogens with zero attached hydrogens (tertiary/aromatic N) is 2. The fourth-order valence-corrected chi connectivity index (χ4v) is 3.48. The molecule has 0 aliphatic heterocycles. The van der Waals surface area contributed by atoms with Crippen molar-refractivity contribution in [3.63, 3.8) is 0 Å². The molecule has 0 radical (unpaired) electrons. The fourth-order valence-electron chi connectivity index (χ4n) is 1.06. The maximum absolute atomic E-state index is 10.9. The standard InChI is InChI=1S/C6H10N2O6P2/c9-15(10,11)6(16(12,13)14)4-5-2-1-3-7-8-5/h1-3,6H,4H2,(H2,9,10,11)(H2,12,13,14). The lowest BCUT2D eigenvalue weighted by atomic mass is 10.3. The molecule has 1 aromatic rings. The summed E-state index contributed by atoms with van der Waals surface area (Å²) in [4.78, 5) is 35.4. The lowest BCUT2D eigenvalue weighted by molar-refractivity contribution is 0.337. The van der Waals surface area contributed by atoms with E-state index in [2.05, 4.69) is 10.2 Å². The van der Waals surface area contributed by atoms with Crippen molar-refractivity contribution < 1.29 is 28.7 Å². The first-order valence-electron chi connectivity index (χ1n) is 4.08. The topological polar surface area (TPSA) is 141 Å². The summed E-state index contributed by atoms with van der Waals surface area (Å²) in [5, 5.41) is 4.88. The van der Waals surface area contributed by atoms with Gasteiger partial charge in [0.05, 0.1) is 5.69 Å². The first kappa shape index (κ1) is 13.4. The molecule has 1 heterocycles. The van der Waals surface area contributed by atoms with E-state index in [1.165, 1.54) is 18.3 Å². The van der Waals surface area contributed by atoms with Crippen molar-refractivity contribution >= 4 is 15.2 Å². The predicted molar refractivity (Wildman–Crippen MR) is 53.6 cm³/mol. The second kappa shape index (κ2) is 4.71. The Kier molecular flexibility index (Phi) is 3.96. The van der Waals surface area contributed by atoms with Crippen LogP contribution in [0.3, 0.4) is 0 Å². The van der Waals surface area contributed by atoms with Crippen LogP contribution in [0.15, 0.2) is 18.3 Å². The molecule has 0 unspecified atom stereocenters. The van der Waals surface area contributed by atoms with Crippen LogP contribution in [0.2, 0.25) is 0 Å². The average molecular weight is 268 g/mol. The third-order valence-corrected chi connectivity index (χ3v) is 5.52. The predicted octanol–water partition coefficient (Wildman–Crippen LogP) is -0.299. The van der Waals surface area contributed by atoms with Crippen LogP contribution in [0, 0.1) is 0 Å². The summed E-state index contributed by atoms with van der Waals surface area (Å²) < 4.78 is 21.9. The van der Waals surface area contributed by atoms with Crippen LogP contribution in [0.1, 0.15) is 5.69 Å². The van der Waals surface area contributed by atoms with Gasteiger partial charge in [-0.1, -0.05) is 0 Å². The monoisotopic (exact) mass is 268 g/mol. The smallest absolute Gasteiger partial charge is 0.324 e. The molecule has 0 fully saturated rings. The number of aromatic nitrogens is 2. The molecule has 1 rings (SSSR count). The van der Waals surface area contributed by atoms with E-state index in [0.29, 0.717) is 0 Å². The minimum absolute atomic E-state index is 0.110. The molecule has 0 saturated heterocycles. The summed E-state index contributed by atoms with van der Waals surface area (Å²) in [5.41, 5.74) is 0.110. The van der Waals surface area contributed by atoms with Crippen LogP contribution in [0.25, 0.3) is 0 Å². The Balaban J connectivity index is 2.99. The van der Waals surface area contributed by atoms with Crippen molar-refractivity contribution in [1.82, 2.24) is 10.2 Å². The SMILES string of the molecule is O=P(O)(O)C(Cc1cccnn1)P(=O)(O)O. The molecule has 0 spiro atoms. The maximum Gasteiger partial charge on any atom is 0.341 e. The average Bonchev–Trinajstić information content (AvgIpc) is 2.12. The molecular formula is C6H10N2O6P2. The van der Waals surface area contributed by atoms with E-state index in [1.807, 2.05) is 0 Å². The van der Waals surface area contributed by atoms with E-state index < -0.39 is 27.0 Å². The van der Waals surface area contributed by atoms with Crippen molar-refractivity contribution in [2.45, 2.75) is 11.8 Å². The summed E-state index contributed by atoms with van der Waals surface area (Å²) in [6, 6.07) is 2.84. The summed E-state index contributed by atoms with van der Waals surface area (Å²) >= 11 is 0. The third kappa shape index (κ3) is 3.75. The van der Waals surface area contributed by atoms with E-state index in [9.17, 15) is 9.13 Å². The lowest BCUT2D eigenvalue weighted by Crippen LogP contribution is -2.13. The summed E-state index contributed by atoms with van der Waals surface area (Å²) in [6.07, 6.45) is 0.815. The van der Waals surface area contributed by atoms with E-state index in [0.717, 1.165) is 0 Å². The van der Waals surface area contributed by atoms with Crippen molar-refractivity contribution in [2.75, 3.05) is 0 Å². The van der Waals surface area contributed by atoms with Gasteiger partial charge in [0.1, 0.15) is 0 Å². The van der Waals surface area contributed by atoms with E-state index in [1.54, 1.807) is 0 Å². The van der Waals surface area contributed by atoms with Crippen LogP contribution in [0.4, 0.5) is 0 Å². The van der Waals surface area contributed by atoms with Crippen LogP contribution < -0.4 is 0 Å². The van der Waals surface area contributed by atoms with Crippen molar-refractivity contribution in [2.24, 2.45) is 0 Å². The van der Waals surface area contributed by atoms with Crippen LogP contribution >= 0.6 is 15.2 Å². The zero-order chi connectivity index (χ0) is 12.4. The summed E-state index contributed by atoms with van der Waals surface area (Å²) in [6.45, 7) is 0. The van der Waals surface area contributed by atoms with Gasteiger partial charge in [-0.05, 0) is 12.1 Å². The minimum atomic E-state index is -4.89. The largest absolute Gasteiger partial charge is 0.341 e. The Bertz CT molecular complexity index is 418. The molecule has 0 aliphatic carbocycles. The van der Waals surface area contributed by atoms with Gasteiger partial charge in [-0.15, -0.1) is 0 Å². The van der Waals surface area contributed by atoms with Crippen LogP contribution in [0.5, 0.6) is 0 Å². The molecule has 0 aliphatic rings. The van der Waals surface area contributed by atoms with Gasteiger partial charge in [0.15, 0.2) is 5.40 Å². The number of hydrogen-bond acceptors (Lipinski definition) is 4.